The number of nitrogens with two attached hydrogens (primary N) is 1. The molecule has 0 aromatic heterocycles. The molecule has 1 aromatic carbocycles. The van der Waals surface area contributed by atoms with Gasteiger partial charge in [0.2, 0.25) is 5.91 Å². The average molecular weight is 279 g/mol. The van der Waals surface area contributed by atoms with E-state index in [-0.39, 0.29) is 5.91 Å². The minimum Gasteiger partial charge on any atom is -0.495 e. The van der Waals surface area contributed by atoms with Gasteiger partial charge in [0.05, 0.1) is 19.3 Å². The number of anilines is 2. The third-order valence-electron chi connectivity index (χ3n) is 2.94. The maximum Gasteiger partial charge on any atom is 0.238 e. The molecular weight excluding hydrogens is 254 g/mol. The number of nitrogens with one attached hydrogen (secondary N) is 1. The molecule has 0 aliphatic heterocycles. The van der Waals surface area contributed by atoms with Crippen LogP contribution in [0, 0.1) is 0 Å². The topological polar surface area (TPSA) is 67.6 Å². The van der Waals surface area contributed by atoms with Crippen molar-refractivity contribution in [2.24, 2.45) is 0 Å². The number of methoxy groups -OCH3 is 1. The van der Waals surface area contributed by atoms with E-state index in [2.05, 4.69) is 24.1 Å². The Bertz CT molecular complexity index is 429. The first-order chi connectivity index (χ1) is 9.60. The van der Waals surface area contributed by atoms with Crippen LogP contribution in [0.4, 0.5) is 11.4 Å². The first-order valence-corrected chi connectivity index (χ1v) is 7.06. The number of nitrogen functional groups attached to an aromatic ring is 1. The van der Waals surface area contributed by atoms with E-state index in [9.17, 15) is 4.79 Å². The standard InChI is InChI=1S/C15H25N3O2/c1-4-8-18(9-5-2)11-15(19)17-13-10-12(16)6-7-14(13)20-3/h6-7,10H,4-5,8-9,11,16H2,1-3H3,(H,17,19). The second-order valence-electron chi connectivity index (χ2n) is 4.78. The summed E-state index contributed by atoms with van der Waals surface area (Å²) in [6.45, 7) is 6.47. The number of carbonyl (C=O) groups is 1. The molecule has 0 aliphatic rings. The smallest absolute Gasteiger partial charge is 0.238 e. The average Bonchev–Trinajstić information content (AvgIpc) is 2.39. The van der Waals surface area contributed by atoms with Crippen molar-refractivity contribution < 1.29 is 9.53 Å². The molecule has 0 radical (unpaired) electrons. The molecule has 1 amide bonds. The molecule has 112 valence electrons. The first kappa shape index (κ1) is 16.3. The zero-order valence-electron chi connectivity index (χ0n) is 12.6. The second kappa shape index (κ2) is 8.43. The van der Waals surface area contributed by atoms with Gasteiger partial charge < -0.3 is 15.8 Å². The van der Waals surface area contributed by atoms with Crippen molar-refractivity contribution in [3.63, 3.8) is 0 Å². The van der Waals surface area contributed by atoms with E-state index in [1.807, 2.05) is 0 Å². The highest BCUT2D eigenvalue weighted by molar-refractivity contribution is 5.94. The monoisotopic (exact) mass is 279 g/mol. The van der Waals surface area contributed by atoms with E-state index in [1.165, 1.54) is 0 Å². The Morgan fingerprint density at radius 1 is 1.30 bits per heavy atom. The van der Waals surface area contributed by atoms with Crippen LogP contribution in [0.3, 0.4) is 0 Å². The Labute approximate surface area is 121 Å². The normalized spacial score (nSPS) is 10.6. The number of amides is 1. The predicted octanol–water partition coefficient (Wildman–Crippen LogP) is 2.34. The summed E-state index contributed by atoms with van der Waals surface area (Å²) in [5, 5.41) is 2.86. The molecule has 1 aromatic rings. The fourth-order valence-corrected chi connectivity index (χ4v) is 2.12. The summed E-state index contributed by atoms with van der Waals surface area (Å²) in [5.41, 5.74) is 6.95. The molecule has 0 saturated heterocycles. The molecule has 0 fully saturated rings. The lowest BCUT2D eigenvalue weighted by atomic mass is 10.2. The highest BCUT2D eigenvalue weighted by Gasteiger charge is 2.12. The van der Waals surface area contributed by atoms with Crippen LogP contribution in [-0.4, -0.2) is 37.6 Å². The Hall–Kier alpha value is -1.75. The Kier molecular flexibility index (Phi) is 6.87. The molecule has 0 heterocycles. The molecule has 20 heavy (non-hydrogen) atoms. The van der Waals surface area contributed by atoms with E-state index in [0.717, 1.165) is 25.9 Å². The van der Waals surface area contributed by atoms with Crippen LogP contribution in [0.25, 0.3) is 0 Å². The summed E-state index contributed by atoms with van der Waals surface area (Å²) in [5.74, 6) is 0.570. The Balaban J connectivity index is 2.67. The zero-order valence-corrected chi connectivity index (χ0v) is 12.6. The van der Waals surface area contributed by atoms with Gasteiger partial charge in [0, 0.05) is 5.69 Å². The van der Waals surface area contributed by atoms with Gasteiger partial charge in [-0.1, -0.05) is 13.8 Å². The van der Waals surface area contributed by atoms with Gasteiger partial charge in [-0.25, -0.2) is 0 Å². The van der Waals surface area contributed by atoms with Gasteiger partial charge in [-0.15, -0.1) is 0 Å². The van der Waals surface area contributed by atoms with Crippen molar-refractivity contribution in [3.05, 3.63) is 18.2 Å². The third-order valence-corrected chi connectivity index (χ3v) is 2.94. The molecular formula is C15H25N3O2. The molecule has 3 N–H and O–H groups in total. The molecule has 0 bridgehead atoms. The SMILES string of the molecule is CCCN(CCC)CC(=O)Nc1cc(N)ccc1OC. The minimum atomic E-state index is -0.0456. The summed E-state index contributed by atoms with van der Waals surface area (Å²) in [7, 11) is 1.57. The largest absolute Gasteiger partial charge is 0.495 e. The van der Waals surface area contributed by atoms with Gasteiger partial charge >= 0.3 is 0 Å². The number of benzene rings is 1. The highest BCUT2D eigenvalue weighted by Crippen LogP contribution is 2.26. The Morgan fingerprint density at radius 3 is 2.50 bits per heavy atom. The molecule has 0 atom stereocenters. The maximum absolute atomic E-state index is 12.1. The zero-order chi connectivity index (χ0) is 15.0. The summed E-state index contributed by atoms with van der Waals surface area (Å²) in [6.07, 6.45) is 2.07. The van der Waals surface area contributed by atoms with Crippen LogP contribution in [0.2, 0.25) is 0 Å². The van der Waals surface area contributed by atoms with E-state index >= 15 is 0 Å². The van der Waals surface area contributed by atoms with Crippen LogP contribution in [0.5, 0.6) is 5.75 Å². The van der Waals surface area contributed by atoms with Gasteiger partial charge in [0.25, 0.3) is 0 Å². The number of hydrogen-bond acceptors (Lipinski definition) is 4. The van der Waals surface area contributed by atoms with E-state index < -0.39 is 0 Å². The number of carbonyl (C=O) groups excluding carboxylic acids is 1. The van der Waals surface area contributed by atoms with Crippen molar-refractivity contribution >= 4 is 17.3 Å². The van der Waals surface area contributed by atoms with E-state index in [0.29, 0.717) is 23.7 Å². The molecule has 0 spiro atoms. The van der Waals surface area contributed by atoms with Gasteiger partial charge in [-0.05, 0) is 44.1 Å². The fourth-order valence-electron chi connectivity index (χ4n) is 2.12. The molecule has 5 nitrogen and oxygen atoms in total. The van der Waals surface area contributed by atoms with Crippen molar-refractivity contribution in [2.75, 3.05) is 37.8 Å². The van der Waals surface area contributed by atoms with Gasteiger partial charge in [-0.2, -0.15) is 0 Å². The highest BCUT2D eigenvalue weighted by atomic mass is 16.5. The number of nitrogens with zero attached hydrogens (tertiary/aromatic N) is 1. The van der Waals surface area contributed by atoms with Crippen molar-refractivity contribution in [1.82, 2.24) is 4.90 Å². The number of rotatable bonds is 8. The minimum absolute atomic E-state index is 0.0456. The number of hydrogen-bond donors (Lipinski definition) is 2. The number of ether oxygens (including phenoxy) is 1. The van der Waals surface area contributed by atoms with Crippen molar-refractivity contribution in [2.45, 2.75) is 26.7 Å². The van der Waals surface area contributed by atoms with Crippen molar-refractivity contribution in [1.29, 1.82) is 0 Å². The van der Waals surface area contributed by atoms with Crippen LogP contribution in [0.15, 0.2) is 18.2 Å². The fraction of sp³-hybridized carbons (Fsp3) is 0.533. The lowest BCUT2D eigenvalue weighted by Crippen LogP contribution is -2.34. The predicted molar refractivity (Wildman–Crippen MR) is 83.1 cm³/mol. The first-order valence-electron chi connectivity index (χ1n) is 7.06. The van der Waals surface area contributed by atoms with Crippen LogP contribution < -0.4 is 15.8 Å². The summed E-state index contributed by atoms with van der Waals surface area (Å²) >= 11 is 0. The molecule has 0 aliphatic carbocycles. The van der Waals surface area contributed by atoms with Gasteiger partial charge in [-0.3, -0.25) is 9.69 Å². The lowest BCUT2D eigenvalue weighted by molar-refractivity contribution is -0.117. The van der Waals surface area contributed by atoms with E-state index in [4.69, 9.17) is 10.5 Å². The summed E-state index contributed by atoms with van der Waals surface area (Å²) < 4.78 is 5.22. The molecule has 5 heteroatoms. The molecule has 0 unspecified atom stereocenters. The van der Waals surface area contributed by atoms with Crippen LogP contribution in [-0.2, 0) is 4.79 Å². The van der Waals surface area contributed by atoms with Crippen molar-refractivity contribution in [3.8, 4) is 5.75 Å². The van der Waals surface area contributed by atoms with Gasteiger partial charge in [0.1, 0.15) is 5.75 Å². The van der Waals surface area contributed by atoms with E-state index in [1.54, 1.807) is 25.3 Å². The quantitative estimate of drug-likeness (QED) is 0.717. The summed E-state index contributed by atoms with van der Waals surface area (Å²) in [6, 6.07) is 5.20. The third kappa shape index (κ3) is 5.09. The van der Waals surface area contributed by atoms with Crippen LogP contribution in [0.1, 0.15) is 26.7 Å². The maximum atomic E-state index is 12.1. The lowest BCUT2D eigenvalue weighted by Gasteiger charge is -2.20. The Morgan fingerprint density at radius 2 is 1.95 bits per heavy atom. The second-order valence-corrected chi connectivity index (χ2v) is 4.78. The summed E-state index contributed by atoms with van der Waals surface area (Å²) in [4.78, 5) is 14.2. The molecule has 1 rings (SSSR count). The molecule has 0 saturated carbocycles. The van der Waals surface area contributed by atoms with Gasteiger partial charge in [0.15, 0.2) is 0 Å². The van der Waals surface area contributed by atoms with Crippen LogP contribution >= 0.6 is 0 Å².